The van der Waals surface area contributed by atoms with Crippen molar-refractivity contribution in [1.29, 1.82) is 0 Å². The van der Waals surface area contributed by atoms with Crippen LogP contribution >= 0.6 is 0 Å². The van der Waals surface area contributed by atoms with Gasteiger partial charge in [-0.15, -0.1) is 0 Å². The van der Waals surface area contributed by atoms with Crippen LogP contribution in [0.1, 0.15) is 22.3 Å². The minimum atomic E-state index is -0.464. The third kappa shape index (κ3) is 3.48. The Morgan fingerprint density at radius 2 is 1.00 bits per heavy atom. The number of hydrogen-bond donors (Lipinski definition) is 0. The summed E-state index contributed by atoms with van der Waals surface area (Å²) in [5.74, 6) is 0. The van der Waals surface area contributed by atoms with Crippen molar-refractivity contribution in [2.45, 2.75) is 5.41 Å². The van der Waals surface area contributed by atoms with Crippen molar-refractivity contribution in [2.24, 2.45) is 0 Å². The maximum Gasteiger partial charge on any atom is 0.143 e. The van der Waals surface area contributed by atoms with Crippen LogP contribution < -0.4 is 0 Å². The molecule has 2 aliphatic rings. The summed E-state index contributed by atoms with van der Waals surface area (Å²) < 4.78 is 6.65. The first-order valence-corrected chi connectivity index (χ1v) is 18.1. The maximum atomic E-state index is 6.65. The largest absolute Gasteiger partial charge is 0.455 e. The average molecular weight is 659 g/mol. The Labute approximate surface area is 301 Å². The molecule has 240 valence electrons. The Balaban J connectivity index is 1.24. The minimum absolute atomic E-state index is 0.464. The molecule has 0 fully saturated rings. The number of furan rings is 1. The van der Waals surface area contributed by atoms with Crippen molar-refractivity contribution in [3.63, 3.8) is 0 Å². The Morgan fingerprint density at radius 1 is 0.365 bits per heavy atom. The van der Waals surface area contributed by atoms with Crippen LogP contribution in [-0.2, 0) is 5.41 Å². The standard InChI is InChI=1S/C51H30O/c1-2-13-31(14-3-1)41-29-34-26-25-33(35-20-12-24-46-47(35)40-28-27-32-15-4-5-16-36(32)50(40)52-46)30-42(34)49-48(41)39-19-8-11-23-45(39)51(49)43-21-9-6-17-37(43)38-18-7-10-22-44(38)51/h1-30H. The van der Waals surface area contributed by atoms with Gasteiger partial charge in [0.05, 0.1) is 5.41 Å². The summed E-state index contributed by atoms with van der Waals surface area (Å²) in [6.45, 7) is 0. The molecule has 52 heavy (non-hydrogen) atoms. The van der Waals surface area contributed by atoms with E-state index in [-0.39, 0.29) is 0 Å². The molecular formula is C51H30O. The molecule has 0 N–H and O–H groups in total. The normalized spacial score (nSPS) is 13.5. The molecule has 0 radical (unpaired) electrons. The second-order valence-corrected chi connectivity index (χ2v) is 14.3. The third-order valence-electron chi connectivity index (χ3n) is 11.9. The van der Waals surface area contributed by atoms with Crippen LogP contribution in [0, 0.1) is 0 Å². The van der Waals surface area contributed by atoms with Gasteiger partial charge in [-0.3, -0.25) is 0 Å². The van der Waals surface area contributed by atoms with Crippen molar-refractivity contribution in [2.75, 3.05) is 0 Å². The maximum absolute atomic E-state index is 6.65. The van der Waals surface area contributed by atoms with Gasteiger partial charge in [0.1, 0.15) is 11.2 Å². The molecule has 0 saturated carbocycles. The Kier molecular flexibility index (Phi) is 5.49. The summed E-state index contributed by atoms with van der Waals surface area (Å²) in [5.41, 5.74) is 17.0. The fourth-order valence-electron chi connectivity index (χ4n) is 9.83. The van der Waals surface area contributed by atoms with E-state index in [4.69, 9.17) is 4.42 Å². The van der Waals surface area contributed by atoms with Crippen molar-refractivity contribution in [1.82, 2.24) is 0 Å². The zero-order valence-electron chi connectivity index (χ0n) is 28.2. The van der Waals surface area contributed by atoms with Gasteiger partial charge in [-0.1, -0.05) is 158 Å². The van der Waals surface area contributed by atoms with Gasteiger partial charge in [-0.05, 0) is 107 Å². The SMILES string of the molecule is c1ccc(-c2cc3ccc(-c4cccc5oc6c7ccccc7ccc6c45)cc3c3c2-c2ccccc2C32c3ccccc3-c3ccccc32)cc1. The van der Waals surface area contributed by atoms with Gasteiger partial charge in [-0.25, -0.2) is 0 Å². The van der Waals surface area contributed by atoms with E-state index >= 15 is 0 Å². The first-order valence-electron chi connectivity index (χ1n) is 18.1. The molecule has 10 aromatic rings. The fraction of sp³-hybridized carbons (Fsp3) is 0.0196. The van der Waals surface area contributed by atoms with Crippen LogP contribution in [0.2, 0.25) is 0 Å². The molecule has 12 rings (SSSR count). The summed E-state index contributed by atoms with van der Waals surface area (Å²) >= 11 is 0. The summed E-state index contributed by atoms with van der Waals surface area (Å²) in [5, 5.41) is 7.17. The van der Waals surface area contributed by atoms with E-state index in [1.54, 1.807) is 0 Å². The van der Waals surface area contributed by atoms with E-state index in [2.05, 4.69) is 182 Å². The van der Waals surface area contributed by atoms with Gasteiger partial charge in [0.25, 0.3) is 0 Å². The second kappa shape index (κ2) is 10.2. The minimum Gasteiger partial charge on any atom is -0.455 e. The predicted molar refractivity (Wildman–Crippen MR) is 216 cm³/mol. The fourth-order valence-corrected chi connectivity index (χ4v) is 9.83. The summed E-state index contributed by atoms with van der Waals surface area (Å²) in [6.07, 6.45) is 0. The summed E-state index contributed by atoms with van der Waals surface area (Å²) in [6, 6.07) is 67.3. The highest BCUT2D eigenvalue weighted by molar-refractivity contribution is 6.19. The third-order valence-corrected chi connectivity index (χ3v) is 11.9. The van der Waals surface area contributed by atoms with Crippen molar-refractivity contribution >= 4 is 43.5 Å². The Bertz CT molecular complexity index is 3080. The first kappa shape index (κ1) is 28.0. The molecule has 9 aromatic carbocycles. The molecule has 0 unspecified atom stereocenters. The molecule has 1 nitrogen and oxygen atoms in total. The molecule has 1 aromatic heterocycles. The van der Waals surface area contributed by atoms with Crippen LogP contribution in [0.3, 0.4) is 0 Å². The van der Waals surface area contributed by atoms with Crippen molar-refractivity contribution in [3.05, 3.63) is 204 Å². The summed E-state index contributed by atoms with van der Waals surface area (Å²) in [7, 11) is 0. The second-order valence-electron chi connectivity index (χ2n) is 14.3. The van der Waals surface area contributed by atoms with Gasteiger partial charge in [0.15, 0.2) is 0 Å². The molecule has 0 aliphatic heterocycles. The van der Waals surface area contributed by atoms with Crippen LogP contribution in [0.4, 0.5) is 0 Å². The molecule has 1 heterocycles. The van der Waals surface area contributed by atoms with Gasteiger partial charge in [0, 0.05) is 16.2 Å². The first-order chi connectivity index (χ1) is 25.8. The highest BCUT2D eigenvalue weighted by atomic mass is 16.3. The molecule has 2 aliphatic carbocycles. The van der Waals surface area contributed by atoms with Crippen molar-refractivity contribution in [3.8, 4) is 44.5 Å². The predicted octanol–water partition coefficient (Wildman–Crippen LogP) is 13.6. The number of rotatable bonds is 2. The number of hydrogen-bond acceptors (Lipinski definition) is 1. The van der Waals surface area contributed by atoms with Crippen molar-refractivity contribution < 1.29 is 4.42 Å². The molecule has 0 amide bonds. The van der Waals surface area contributed by atoms with Crippen LogP contribution in [0.15, 0.2) is 186 Å². The highest BCUT2D eigenvalue weighted by Gasteiger charge is 2.53. The Hall–Kier alpha value is -6.70. The quantitative estimate of drug-likeness (QED) is 0.180. The van der Waals surface area contributed by atoms with Gasteiger partial charge >= 0.3 is 0 Å². The number of fused-ring (bicyclic) bond motifs is 17. The zero-order valence-corrected chi connectivity index (χ0v) is 28.2. The monoisotopic (exact) mass is 658 g/mol. The smallest absolute Gasteiger partial charge is 0.143 e. The van der Waals surface area contributed by atoms with E-state index < -0.39 is 5.41 Å². The average Bonchev–Trinajstić information content (AvgIpc) is 3.86. The Morgan fingerprint density at radius 3 is 1.79 bits per heavy atom. The molecule has 0 atom stereocenters. The lowest BCUT2D eigenvalue weighted by Crippen LogP contribution is -2.26. The van der Waals surface area contributed by atoms with Gasteiger partial charge < -0.3 is 4.42 Å². The van der Waals surface area contributed by atoms with E-state index in [9.17, 15) is 0 Å². The van der Waals surface area contributed by atoms with Crippen LogP contribution in [0.25, 0.3) is 88.0 Å². The lowest BCUT2D eigenvalue weighted by molar-refractivity contribution is 0.673. The van der Waals surface area contributed by atoms with E-state index in [0.29, 0.717) is 0 Å². The number of benzene rings is 9. The molecular weight excluding hydrogens is 629 g/mol. The van der Waals surface area contributed by atoms with Crippen LogP contribution in [-0.4, -0.2) is 0 Å². The lowest BCUT2D eigenvalue weighted by Gasteiger charge is -2.32. The van der Waals surface area contributed by atoms with E-state index in [1.165, 1.54) is 82.9 Å². The summed E-state index contributed by atoms with van der Waals surface area (Å²) in [4.78, 5) is 0. The topological polar surface area (TPSA) is 13.1 Å². The van der Waals surface area contributed by atoms with Gasteiger partial charge in [0.2, 0.25) is 0 Å². The van der Waals surface area contributed by atoms with E-state index in [1.807, 2.05) is 0 Å². The van der Waals surface area contributed by atoms with E-state index in [0.717, 1.165) is 27.3 Å². The molecule has 0 saturated heterocycles. The zero-order chi connectivity index (χ0) is 34.0. The van der Waals surface area contributed by atoms with Crippen LogP contribution in [0.5, 0.6) is 0 Å². The molecule has 1 spiro atoms. The molecule has 1 heteroatoms. The highest BCUT2D eigenvalue weighted by Crippen LogP contribution is 2.65. The lowest BCUT2D eigenvalue weighted by atomic mass is 9.69. The van der Waals surface area contributed by atoms with Gasteiger partial charge in [-0.2, -0.15) is 0 Å². The molecule has 0 bridgehead atoms.